The fourth-order valence-electron chi connectivity index (χ4n) is 4.66. The lowest BCUT2D eigenvalue weighted by Gasteiger charge is -2.34. The highest BCUT2D eigenvalue weighted by atomic mass is 32.1. The van der Waals surface area contributed by atoms with E-state index in [1.165, 1.54) is 10.1 Å². The van der Waals surface area contributed by atoms with Crippen molar-refractivity contribution >= 4 is 39.1 Å². The lowest BCUT2D eigenvalue weighted by atomic mass is 9.97. The summed E-state index contributed by atoms with van der Waals surface area (Å²) in [6.45, 7) is 5.69. The molecule has 0 bridgehead atoms. The van der Waals surface area contributed by atoms with E-state index in [2.05, 4.69) is 23.1 Å². The number of ether oxygens (including phenoxy) is 2. The first-order chi connectivity index (χ1) is 16.6. The number of carbonyl (C=O) groups excluding carboxylic acids is 2. The number of nitrogens with zero attached hydrogens (tertiary/aromatic N) is 3. The molecule has 2 saturated heterocycles. The zero-order chi connectivity index (χ0) is 23.5. The van der Waals surface area contributed by atoms with Crippen LogP contribution >= 0.6 is 11.3 Å². The highest BCUT2D eigenvalue weighted by molar-refractivity contribution is 7.22. The van der Waals surface area contributed by atoms with Crippen LogP contribution in [0.1, 0.15) is 30.1 Å². The molecule has 2 aliphatic rings. The molecule has 2 aromatic heterocycles. The number of amides is 1. The van der Waals surface area contributed by atoms with Crippen LogP contribution in [-0.4, -0.2) is 67.8 Å². The molecular formula is C26H29N3O4S. The molecule has 1 amide bonds. The maximum atomic E-state index is 13.5. The third kappa shape index (κ3) is 4.65. The van der Waals surface area contributed by atoms with Crippen molar-refractivity contribution in [1.29, 1.82) is 0 Å². The van der Waals surface area contributed by atoms with Gasteiger partial charge in [-0.25, -0.2) is 4.98 Å². The van der Waals surface area contributed by atoms with Crippen LogP contribution in [0, 0.1) is 5.92 Å². The van der Waals surface area contributed by atoms with Crippen LogP contribution in [0.5, 0.6) is 0 Å². The number of hydrogen-bond donors (Lipinski definition) is 0. The lowest BCUT2D eigenvalue weighted by Crippen LogP contribution is -2.43. The topological polar surface area (TPSA) is 72.0 Å². The van der Waals surface area contributed by atoms with Gasteiger partial charge in [0, 0.05) is 30.9 Å². The van der Waals surface area contributed by atoms with Gasteiger partial charge in [0.25, 0.3) is 5.91 Å². The number of morpholine rings is 1. The zero-order valence-electron chi connectivity index (χ0n) is 19.4. The fourth-order valence-corrected chi connectivity index (χ4v) is 5.69. The summed E-state index contributed by atoms with van der Waals surface area (Å²) in [5.41, 5.74) is 1.42. The second-order valence-corrected chi connectivity index (χ2v) is 9.74. The van der Waals surface area contributed by atoms with E-state index in [-0.39, 0.29) is 17.8 Å². The first kappa shape index (κ1) is 22.8. The van der Waals surface area contributed by atoms with E-state index in [1.807, 2.05) is 36.1 Å². The fraction of sp³-hybridized carbons (Fsp3) is 0.423. The molecule has 3 aromatic rings. The molecule has 4 heterocycles. The zero-order valence-corrected chi connectivity index (χ0v) is 20.2. The van der Waals surface area contributed by atoms with Crippen molar-refractivity contribution in [2.24, 2.45) is 5.92 Å². The normalized spacial score (nSPS) is 18.8. The number of carbonyl (C=O) groups is 2. The van der Waals surface area contributed by atoms with E-state index in [4.69, 9.17) is 14.5 Å². The summed E-state index contributed by atoms with van der Waals surface area (Å²) < 4.78 is 11.9. The van der Waals surface area contributed by atoms with Crippen LogP contribution in [0.3, 0.4) is 0 Å². The largest absolute Gasteiger partial charge is 0.466 e. The van der Waals surface area contributed by atoms with Gasteiger partial charge < -0.3 is 19.3 Å². The number of anilines is 1. The molecule has 1 aromatic carbocycles. The second kappa shape index (κ2) is 10.1. The number of hydrogen-bond acceptors (Lipinski definition) is 7. The van der Waals surface area contributed by atoms with E-state index in [0.717, 1.165) is 30.0 Å². The summed E-state index contributed by atoms with van der Waals surface area (Å²) >= 11 is 1.69. The summed E-state index contributed by atoms with van der Waals surface area (Å²) in [4.78, 5) is 36.0. The van der Waals surface area contributed by atoms with Gasteiger partial charge in [-0.15, -0.1) is 11.3 Å². The van der Waals surface area contributed by atoms with E-state index >= 15 is 0 Å². The Bertz CT molecular complexity index is 1150. The van der Waals surface area contributed by atoms with Crippen LogP contribution < -0.4 is 4.90 Å². The molecule has 5 rings (SSSR count). The molecule has 0 unspecified atom stereocenters. The predicted molar refractivity (Wildman–Crippen MR) is 133 cm³/mol. The Morgan fingerprint density at radius 2 is 1.97 bits per heavy atom. The van der Waals surface area contributed by atoms with Crippen molar-refractivity contribution in [2.45, 2.75) is 19.8 Å². The summed E-state index contributed by atoms with van der Waals surface area (Å²) in [7, 11) is 0. The number of benzene rings is 1. The van der Waals surface area contributed by atoms with Crippen LogP contribution in [0.4, 0.5) is 5.82 Å². The first-order valence-corrected chi connectivity index (χ1v) is 12.7. The number of aromatic nitrogens is 1. The third-order valence-corrected chi connectivity index (χ3v) is 7.56. The van der Waals surface area contributed by atoms with Crippen LogP contribution in [0.2, 0.25) is 0 Å². The average molecular weight is 480 g/mol. The Morgan fingerprint density at radius 1 is 1.15 bits per heavy atom. The lowest BCUT2D eigenvalue weighted by molar-refractivity contribution is -0.148. The Hall–Kier alpha value is -2.97. The van der Waals surface area contributed by atoms with Gasteiger partial charge in [0.1, 0.15) is 5.82 Å². The number of fused-ring (bicyclic) bond motifs is 1. The van der Waals surface area contributed by atoms with Crippen molar-refractivity contribution in [3.63, 3.8) is 0 Å². The maximum absolute atomic E-state index is 13.5. The monoisotopic (exact) mass is 479 g/mol. The SMILES string of the molecule is CCOC(=O)[C@H]1CCCN(c2nc(-c3cc4ccccc4s3)ccc2C(=O)N2CCOCC2)C1. The van der Waals surface area contributed by atoms with Gasteiger partial charge in [0.15, 0.2) is 0 Å². The van der Waals surface area contributed by atoms with Gasteiger partial charge in [0.05, 0.1) is 41.9 Å². The minimum Gasteiger partial charge on any atom is -0.466 e. The molecule has 0 aliphatic carbocycles. The number of rotatable bonds is 5. The third-order valence-electron chi connectivity index (χ3n) is 6.42. The molecule has 2 aliphatic heterocycles. The minimum atomic E-state index is -0.213. The van der Waals surface area contributed by atoms with Gasteiger partial charge in [-0.1, -0.05) is 18.2 Å². The van der Waals surface area contributed by atoms with Gasteiger partial charge in [-0.05, 0) is 49.4 Å². The van der Waals surface area contributed by atoms with Gasteiger partial charge in [0.2, 0.25) is 0 Å². The van der Waals surface area contributed by atoms with E-state index in [1.54, 1.807) is 11.3 Å². The smallest absolute Gasteiger partial charge is 0.310 e. The highest BCUT2D eigenvalue weighted by Gasteiger charge is 2.31. The van der Waals surface area contributed by atoms with Gasteiger partial charge in [-0.2, -0.15) is 0 Å². The molecule has 0 N–H and O–H groups in total. The minimum absolute atomic E-state index is 0.0352. The molecule has 0 saturated carbocycles. The van der Waals surface area contributed by atoms with Crippen molar-refractivity contribution < 1.29 is 19.1 Å². The molecule has 8 heteroatoms. The van der Waals surface area contributed by atoms with E-state index < -0.39 is 0 Å². The van der Waals surface area contributed by atoms with E-state index in [0.29, 0.717) is 50.8 Å². The summed E-state index contributed by atoms with van der Waals surface area (Å²) in [6.07, 6.45) is 1.64. The Labute approximate surface area is 203 Å². The van der Waals surface area contributed by atoms with Gasteiger partial charge >= 0.3 is 5.97 Å². The summed E-state index contributed by atoms with van der Waals surface area (Å²) in [5.74, 6) is 0.233. The molecule has 0 radical (unpaired) electrons. The van der Waals surface area contributed by atoms with Crippen LogP contribution in [-0.2, 0) is 14.3 Å². The molecule has 34 heavy (non-hydrogen) atoms. The van der Waals surface area contributed by atoms with Crippen molar-refractivity contribution in [2.75, 3.05) is 50.9 Å². The Kier molecular flexibility index (Phi) is 6.78. The second-order valence-electron chi connectivity index (χ2n) is 8.66. The molecule has 0 spiro atoms. The number of pyridine rings is 1. The summed E-state index contributed by atoms with van der Waals surface area (Å²) in [5, 5.41) is 1.18. The van der Waals surface area contributed by atoms with Crippen molar-refractivity contribution in [1.82, 2.24) is 9.88 Å². The standard InChI is InChI=1S/C26H29N3O4S/c1-2-33-26(31)19-7-5-11-29(17-19)24-20(25(30)28-12-14-32-15-13-28)9-10-21(27-24)23-16-18-6-3-4-8-22(18)34-23/h3-4,6,8-10,16,19H,2,5,7,11-15,17H2,1H3/t19-/m0/s1. The molecule has 7 nitrogen and oxygen atoms in total. The van der Waals surface area contributed by atoms with E-state index in [9.17, 15) is 9.59 Å². The number of esters is 1. The molecule has 178 valence electrons. The average Bonchev–Trinajstić information content (AvgIpc) is 3.33. The highest BCUT2D eigenvalue weighted by Crippen LogP contribution is 2.35. The number of thiophene rings is 1. The molecular weight excluding hydrogens is 450 g/mol. The van der Waals surface area contributed by atoms with Crippen LogP contribution in [0.15, 0.2) is 42.5 Å². The Balaban J connectivity index is 1.52. The predicted octanol–water partition coefficient (Wildman–Crippen LogP) is 4.22. The molecule has 1 atom stereocenters. The number of piperidine rings is 1. The quantitative estimate of drug-likeness (QED) is 0.511. The molecule has 2 fully saturated rings. The summed E-state index contributed by atoms with van der Waals surface area (Å²) in [6, 6.07) is 14.3. The first-order valence-electron chi connectivity index (χ1n) is 11.9. The van der Waals surface area contributed by atoms with Crippen molar-refractivity contribution in [3.05, 3.63) is 48.0 Å². The van der Waals surface area contributed by atoms with Gasteiger partial charge in [-0.3, -0.25) is 9.59 Å². The Morgan fingerprint density at radius 3 is 2.76 bits per heavy atom. The van der Waals surface area contributed by atoms with Crippen molar-refractivity contribution in [3.8, 4) is 10.6 Å². The maximum Gasteiger partial charge on any atom is 0.310 e. The van der Waals surface area contributed by atoms with Crippen LogP contribution in [0.25, 0.3) is 20.7 Å².